The van der Waals surface area contributed by atoms with E-state index >= 15 is 0 Å². The fourth-order valence-corrected chi connectivity index (χ4v) is 8.78. The van der Waals surface area contributed by atoms with Gasteiger partial charge in [-0.3, -0.25) is 0 Å². The molecule has 11 rings (SSSR count). The van der Waals surface area contributed by atoms with Gasteiger partial charge in [0.15, 0.2) is 5.69 Å². The van der Waals surface area contributed by atoms with Gasteiger partial charge in [-0.2, -0.15) is 0 Å². The molecule has 0 spiro atoms. The third-order valence-electron chi connectivity index (χ3n) is 11.1. The number of hydrogen-bond donors (Lipinski definition) is 0. The van der Waals surface area contributed by atoms with Crippen molar-refractivity contribution in [3.63, 3.8) is 0 Å². The zero-order valence-corrected chi connectivity index (χ0v) is 29.5. The summed E-state index contributed by atoms with van der Waals surface area (Å²) >= 11 is 0. The van der Waals surface area contributed by atoms with Crippen LogP contribution in [0.1, 0.15) is 0 Å². The van der Waals surface area contributed by atoms with Crippen LogP contribution in [0.25, 0.3) is 103 Å². The molecular formula is C50H29N5. The van der Waals surface area contributed by atoms with Crippen molar-refractivity contribution in [1.82, 2.24) is 13.7 Å². The third kappa shape index (κ3) is 4.39. The lowest BCUT2D eigenvalue weighted by Crippen LogP contribution is -1.98. The van der Waals surface area contributed by atoms with Crippen LogP contribution in [0.3, 0.4) is 0 Å². The zero-order valence-electron chi connectivity index (χ0n) is 29.5. The minimum Gasteiger partial charge on any atom is -0.319 e. The molecule has 0 saturated heterocycles. The maximum Gasteiger partial charge on any atom is 0.218 e. The summed E-state index contributed by atoms with van der Waals surface area (Å²) in [6, 6.07) is 61.1. The van der Waals surface area contributed by atoms with Gasteiger partial charge in [0.25, 0.3) is 0 Å². The topological polar surface area (TPSA) is 23.5 Å². The van der Waals surface area contributed by atoms with Crippen LogP contribution in [0.4, 0.5) is 11.4 Å². The lowest BCUT2D eigenvalue weighted by Gasteiger charge is -2.15. The second-order valence-electron chi connectivity index (χ2n) is 13.9. The molecular weight excluding hydrogens is 671 g/mol. The summed E-state index contributed by atoms with van der Waals surface area (Å²) in [6.45, 7) is 16.4. The molecule has 0 fully saturated rings. The number of hydrogen-bond acceptors (Lipinski definition) is 0. The molecule has 3 aromatic heterocycles. The first-order valence-electron chi connectivity index (χ1n) is 18.3. The van der Waals surface area contributed by atoms with Crippen molar-refractivity contribution in [1.29, 1.82) is 0 Å². The van der Waals surface area contributed by atoms with Crippen LogP contribution < -0.4 is 0 Å². The summed E-state index contributed by atoms with van der Waals surface area (Å²) in [5, 5.41) is 6.75. The molecule has 5 nitrogen and oxygen atoms in total. The van der Waals surface area contributed by atoms with E-state index in [1.165, 1.54) is 10.8 Å². The highest BCUT2D eigenvalue weighted by molar-refractivity contribution is 6.15. The monoisotopic (exact) mass is 699 g/mol. The van der Waals surface area contributed by atoms with E-state index in [0.717, 1.165) is 82.8 Å². The summed E-state index contributed by atoms with van der Waals surface area (Å²) in [5.41, 5.74) is 12.5. The number of para-hydroxylation sites is 5. The summed E-state index contributed by atoms with van der Waals surface area (Å²) < 4.78 is 6.84. The van der Waals surface area contributed by atoms with Crippen LogP contribution in [-0.4, -0.2) is 13.7 Å². The smallest absolute Gasteiger partial charge is 0.218 e. The van der Waals surface area contributed by atoms with E-state index in [1.54, 1.807) is 0 Å². The quantitative estimate of drug-likeness (QED) is 0.163. The molecule has 254 valence electrons. The minimum absolute atomic E-state index is 0.596. The lowest BCUT2D eigenvalue weighted by atomic mass is 10.0. The van der Waals surface area contributed by atoms with Gasteiger partial charge in [-0.25, -0.2) is 9.69 Å². The van der Waals surface area contributed by atoms with Crippen LogP contribution >= 0.6 is 0 Å². The van der Waals surface area contributed by atoms with Crippen LogP contribution in [0, 0.1) is 13.1 Å². The van der Waals surface area contributed by atoms with E-state index < -0.39 is 0 Å². The molecule has 0 aliphatic carbocycles. The van der Waals surface area contributed by atoms with E-state index in [0.29, 0.717) is 11.4 Å². The van der Waals surface area contributed by atoms with Crippen molar-refractivity contribution < 1.29 is 0 Å². The largest absolute Gasteiger partial charge is 0.319 e. The second-order valence-corrected chi connectivity index (χ2v) is 13.9. The van der Waals surface area contributed by atoms with Gasteiger partial charge < -0.3 is 13.7 Å². The second kappa shape index (κ2) is 11.8. The molecule has 55 heavy (non-hydrogen) atoms. The highest BCUT2D eigenvalue weighted by atomic mass is 15.0. The van der Waals surface area contributed by atoms with Crippen LogP contribution in [0.2, 0.25) is 0 Å². The first-order chi connectivity index (χ1) is 27.2. The predicted molar refractivity (Wildman–Crippen MR) is 227 cm³/mol. The number of nitrogens with zero attached hydrogens (tertiary/aromatic N) is 5. The first-order valence-corrected chi connectivity index (χ1v) is 18.3. The molecule has 0 radical (unpaired) electrons. The Morgan fingerprint density at radius 3 is 1.51 bits per heavy atom. The van der Waals surface area contributed by atoms with Crippen molar-refractivity contribution in [2.24, 2.45) is 0 Å². The van der Waals surface area contributed by atoms with E-state index in [9.17, 15) is 0 Å². The average molecular weight is 700 g/mol. The average Bonchev–Trinajstić information content (AvgIpc) is 3.89. The molecule has 0 saturated carbocycles. The lowest BCUT2D eigenvalue weighted by molar-refractivity contribution is 1.16. The SMILES string of the molecule is [C-]#[N+]c1c(-c2ccc(-n3c4ccccc4c4c([N+]#[C-])cccc43)cc2)cccc1-n1c2ccccc2c2ccc(-n3c4ccccc4c4ccccc43)cc21. The summed E-state index contributed by atoms with van der Waals surface area (Å²) in [5.74, 6) is 0. The van der Waals surface area contributed by atoms with Gasteiger partial charge >= 0.3 is 0 Å². The molecule has 0 unspecified atom stereocenters. The minimum atomic E-state index is 0.596. The standard InChI is InChI=1S/C50H29N5/c1-51-41-18-12-23-46-49(41)40-16-6-10-22-45(40)53(46)33-27-25-32(26-28-33)35-17-11-24-47(50(35)52-2)55-44-21-9-5-15-38(44)39-30-29-34(31-48(39)55)54-42-19-7-3-13-36(42)37-14-4-8-20-43(37)54/h3-31H. The summed E-state index contributed by atoms with van der Waals surface area (Å²) in [4.78, 5) is 8.08. The highest BCUT2D eigenvalue weighted by Gasteiger charge is 2.20. The molecule has 3 heterocycles. The molecule has 0 N–H and O–H groups in total. The van der Waals surface area contributed by atoms with Crippen molar-refractivity contribution in [2.45, 2.75) is 0 Å². The van der Waals surface area contributed by atoms with Gasteiger partial charge in [0, 0.05) is 43.8 Å². The molecule has 0 atom stereocenters. The van der Waals surface area contributed by atoms with Crippen LogP contribution in [0.5, 0.6) is 0 Å². The zero-order chi connectivity index (χ0) is 36.6. The van der Waals surface area contributed by atoms with E-state index in [2.05, 4.69) is 169 Å². The Bertz CT molecular complexity index is 3400. The fraction of sp³-hybridized carbons (Fsp3) is 0. The Balaban J connectivity index is 1.10. The maximum absolute atomic E-state index is 8.58. The Labute approximate surface area is 316 Å². The number of benzene rings is 8. The fourth-order valence-electron chi connectivity index (χ4n) is 8.78. The van der Waals surface area contributed by atoms with Crippen LogP contribution in [-0.2, 0) is 0 Å². The number of aromatic nitrogens is 3. The molecule has 11 aromatic rings. The number of fused-ring (bicyclic) bond motifs is 9. The van der Waals surface area contributed by atoms with Crippen molar-refractivity contribution in [3.05, 3.63) is 199 Å². The van der Waals surface area contributed by atoms with Crippen molar-refractivity contribution in [2.75, 3.05) is 0 Å². The molecule has 5 heteroatoms. The van der Waals surface area contributed by atoms with Gasteiger partial charge in [0.1, 0.15) is 0 Å². The van der Waals surface area contributed by atoms with E-state index in [4.69, 9.17) is 13.1 Å². The first kappa shape index (κ1) is 30.7. The van der Waals surface area contributed by atoms with Crippen molar-refractivity contribution >= 4 is 76.8 Å². The van der Waals surface area contributed by atoms with Crippen molar-refractivity contribution in [3.8, 4) is 28.2 Å². The third-order valence-corrected chi connectivity index (χ3v) is 11.1. The Kier molecular flexibility index (Phi) is 6.61. The van der Waals surface area contributed by atoms with E-state index in [-0.39, 0.29) is 0 Å². The molecule has 0 aliphatic rings. The Morgan fingerprint density at radius 1 is 0.364 bits per heavy atom. The molecule has 0 aliphatic heterocycles. The van der Waals surface area contributed by atoms with Crippen LogP contribution in [0.15, 0.2) is 176 Å². The number of rotatable bonds is 4. The molecule has 8 aromatic carbocycles. The molecule has 0 bridgehead atoms. The Hall–Kier alpha value is -7.86. The van der Waals surface area contributed by atoms with Gasteiger partial charge in [0.2, 0.25) is 5.69 Å². The normalized spacial score (nSPS) is 11.6. The summed E-state index contributed by atoms with van der Waals surface area (Å²) in [7, 11) is 0. The van der Waals surface area contributed by atoms with Gasteiger partial charge in [0.05, 0.1) is 46.4 Å². The predicted octanol–water partition coefficient (Wildman–Crippen LogP) is 13.7. The van der Waals surface area contributed by atoms with E-state index in [1.807, 2.05) is 30.3 Å². The molecule has 0 amide bonds. The van der Waals surface area contributed by atoms with Gasteiger partial charge in [-0.15, -0.1) is 0 Å². The Morgan fingerprint density at radius 2 is 0.873 bits per heavy atom. The highest BCUT2D eigenvalue weighted by Crippen LogP contribution is 2.43. The van der Waals surface area contributed by atoms with Gasteiger partial charge in [-0.1, -0.05) is 115 Å². The van der Waals surface area contributed by atoms with Gasteiger partial charge in [-0.05, 0) is 77.2 Å². The maximum atomic E-state index is 8.58. The summed E-state index contributed by atoms with van der Waals surface area (Å²) in [6.07, 6.45) is 0.